The van der Waals surface area contributed by atoms with E-state index < -0.39 is 0 Å². The van der Waals surface area contributed by atoms with E-state index in [1.165, 1.54) is 0 Å². The van der Waals surface area contributed by atoms with Crippen LogP contribution >= 0.6 is 0 Å². The molecule has 2 aromatic rings. The summed E-state index contributed by atoms with van der Waals surface area (Å²) in [6, 6.07) is 9.65. The fraction of sp³-hybridized carbons (Fsp3) is 0.353. The fourth-order valence-electron chi connectivity index (χ4n) is 1.97. The van der Waals surface area contributed by atoms with Crippen molar-refractivity contribution in [2.75, 3.05) is 13.2 Å². The highest BCUT2D eigenvalue weighted by Gasteiger charge is 2.08. The second-order valence-corrected chi connectivity index (χ2v) is 4.64. The quantitative estimate of drug-likeness (QED) is 0.750. The van der Waals surface area contributed by atoms with Gasteiger partial charge in [-0.3, -0.25) is 4.98 Å². The molecule has 1 aromatic carbocycles. The Morgan fingerprint density at radius 2 is 1.86 bits per heavy atom. The zero-order valence-corrected chi connectivity index (χ0v) is 12.6. The van der Waals surface area contributed by atoms with E-state index in [9.17, 15) is 0 Å². The van der Waals surface area contributed by atoms with Gasteiger partial charge in [-0.05, 0) is 38.1 Å². The van der Waals surface area contributed by atoms with Crippen LogP contribution in [0.2, 0.25) is 0 Å². The standard InChI is InChI=1S/C17H22N2O2/c1-3-10-18-12-14-9-11-19-13-17(14)21-16-8-6-5-7-15(16)20-4-2/h5-9,11,13,18H,3-4,10,12H2,1-2H3. The number of hydrogen-bond donors (Lipinski definition) is 1. The van der Waals surface area contributed by atoms with Gasteiger partial charge >= 0.3 is 0 Å². The molecule has 0 bridgehead atoms. The highest BCUT2D eigenvalue weighted by molar-refractivity contribution is 5.44. The van der Waals surface area contributed by atoms with Gasteiger partial charge in [-0.1, -0.05) is 19.1 Å². The average Bonchev–Trinajstić information content (AvgIpc) is 2.51. The van der Waals surface area contributed by atoms with Crippen molar-refractivity contribution in [1.82, 2.24) is 10.3 Å². The third-order valence-corrected chi connectivity index (χ3v) is 2.98. The summed E-state index contributed by atoms with van der Waals surface area (Å²) in [5.41, 5.74) is 1.09. The van der Waals surface area contributed by atoms with E-state index in [0.29, 0.717) is 12.4 Å². The minimum absolute atomic E-state index is 0.609. The molecule has 0 fully saturated rings. The molecular weight excluding hydrogens is 264 g/mol. The normalized spacial score (nSPS) is 10.4. The Kier molecular flexibility index (Phi) is 6.03. The van der Waals surface area contributed by atoms with Gasteiger partial charge in [0.1, 0.15) is 5.75 Å². The number of hydrogen-bond acceptors (Lipinski definition) is 4. The minimum atomic E-state index is 0.609. The van der Waals surface area contributed by atoms with E-state index in [2.05, 4.69) is 17.2 Å². The van der Waals surface area contributed by atoms with Crippen LogP contribution in [0.25, 0.3) is 0 Å². The van der Waals surface area contributed by atoms with Crippen molar-refractivity contribution in [2.24, 2.45) is 0 Å². The summed E-state index contributed by atoms with van der Waals surface area (Å²) in [5, 5.41) is 3.38. The lowest BCUT2D eigenvalue weighted by atomic mass is 10.2. The molecule has 0 saturated heterocycles. The topological polar surface area (TPSA) is 43.4 Å². The number of rotatable bonds is 8. The highest BCUT2D eigenvalue weighted by atomic mass is 16.5. The molecule has 4 heteroatoms. The van der Waals surface area contributed by atoms with Crippen molar-refractivity contribution in [3.63, 3.8) is 0 Å². The molecular formula is C17H22N2O2. The summed E-state index contributed by atoms with van der Waals surface area (Å²) >= 11 is 0. The molecule has 1 N–H and O–H groups in total. The predicted octanol–water partition coefficient (Wildman–Crippen LogP) is 3.77. The molecule has 0 atom stereocenters. The first kappa shape index (κ1) is 15.3. The summed E-state index contributed by atoms with van der Waals surface area (Å²) < 4.78 is 11.6. The van der Waals surface area contributed by atoms with Gasteiger partial charge in [0.25, 0.3) is 0 Å². The van der Waals surface area contributed by atoms with Crippen molar-refractivity contribution in [1.29, 1.82) is 0 Å². The van der Waals surface area contributed by atoms with Crippen molar-refractivity contribution >= 4 is 0 Å². The summed E-state index contributed by atoms with van der Waals surface area (Å²) in [5.74, 6) is 2.22. The van der Waals surface area contributed by atoms with Gasteiger partial charge in [-0.25, -0.2) is 0 Å². The van der Waals surface area contributed by atoms with Gasteiger partial charge < -0.3 is 14.8 Å². The number of benzene rings is 1. The molecule has 0 saturated carbocycles. The first-order valence-corrected chi connectivity index (χ1v) is 7.38. The molecule has 0 amide bonds. The third kappa shape index (κ3) is 4.46. The third-order valence-electron chi connectivity index (χ3n) is 2.98. The van der Waals surface area contributed by atoms with E-state index in [1.54, 1.807) is 12.4 Å². The first-order valence-electron chi connectivity index (χ1n) is 7.38. The van der Waals surface area contributed by atoms with E-state index in [4.69, 9.17) is 9.47 Å². The maximum absolute atomic E-state index is 6.00. The number of nitrogens with zero attached hydrogens (tertiary/aromatic N) is 1. The van der Waals surface area contributed by atoms with Crippen molar-refractivity contribution in [2.45, 2.75) is 26.8 Å². The van der Waals surface area contributed by atoms with E-state index in [0.717, 1.165) is 36.6 Å². The molecule has 0 aliphatic heterocycles. The van der Waals surface area contributed by atoms with Crippen LogP contribution in [0.3, 0.4) is 0 Å². The number of aromatic nitrogens is 1. The second-order valence-electron chi connectivity index (χ2n) is 4.64. The van der Waals surface area contributed by atoms with Gasteiger partial charge in [0.15, 0.2) is 11.5 Å². The zero-order valence-electron chi connectivity index (χ0n) is 12.6. The number of nitrogens with one attached hydrogen (secondary N) is 1. The molecule has 4 nitrogen and oxygen atoms in total. The first-order chi connectivity index (χ1) is 10.3. The maximum Gasteiger partial charge on any atom is 0.169 e. The Hall–Kier alpha value is -2.07. The highest BCUT2D eigenvalue weighted by Crippen LogP contribution is 2.32. The number of ether oxygens (including phenoxy) is 2. The summed E-state index contributed by atoms with van der Waals surface area (Å²) in [4.78, 5) is 4.15. The largest absolute Gasteiger partial charge is 0.490 e. The molecule has 112 valence electrons. The van der Waals surface area contributed by atoms with Gasteiger partial charge in [-0.2, -0.15) is 0 Å². The molecule has 0 aliphatic carbocycles. The van der Waals surface area contributed by atoms with Crippen LogP contribution in [0.1, 0.15) is 25.8 Å². The minimum Gasteiger partial charge on any atom is -0.490 e. The van der Waals surface area contributed by atoms with Crippen LogP contribution in [-0.2, 0) is 6.54 Å². The van der Waals surface area contributed by atoms with Crippen LogP contribution in [0, 0.1) is 0 Å². The van der Waals surface area contributed by atoms with Gasteiger partial charge in [-0.15, -0.1) is 0 Å². The molecule has 2 rings (SSSR count). The molecule has 1 aromatic heterocycles. The fourth-order valence-corrected chi connectivity index (χ4v) is 1.97. The molecule has 0 aliphatic rings. The SMILES string of the molecule is CCCNCc1ccncc1Oc1ccccc1OCC. The lowest BCUT2D eigenvalue weighted by Crippen LogP contribution is -2.14. The van der Waals surface area contributed by atoms with Gasteiger partial charge in [0, 0.05) is 18.3 Å². The summed E-state index contributed by atoms with van der Waals surface area (Å²) in [6.07, 6.45) is 4.63. The monoisotopic (exact) mass is 286 g/mol. The predicted molar refractivity (Wildman–Crippen MR) is 83.9 cm³/mol. The smallest absolute Gasteiger partial charge is 0.169 e. The van der Waals surface area contributed by atoms with Gasteiger partial charge in [0.2, 0.25) is 0 Å². The van der Waals surface area contributed by atoms with E-state index >= 15 is 0 Å². The van der Waals surface area contributed by atoms with Crippen LogP contribution in [0.15, 0.2) is 42.7 Å². The van der Waals surface area contributed by atoms with Crippen molar-refractivity contribution in [3.05, 3.63) is 48.3 Å². The Balaban J connectivity index is 2.15. The van der Waals surface area contributed by atoms with Crippen molar-refractivity contribution < 1.29 is 9.47 Å². The van der Waals surface area contributed by atoms with Crippen LogP contribution in [0.5, 0.6) is 17.2 Å². The van der Waals surface area contributed by atoms with Crippen molar-refractivity contribution in [3.8, 4) is 17.2 Å². The van der Waals surface area contributed by atoms with E-state index in [-0.39, 0.29) is 0 Å². The van der Waals surface area contributed by atoms with Gasteiger partial charge in [0.05, 0.1) is 12.8 Å². The Morgan fingerprint density at radius 3 is 2.62 bits per heavy atom. The van der Waals surface area contributed by atoms with Crippen LogP contribution in [0.4, 0.5) is 0 Å². The Morgan fingerprint density at radius 1 is 1.05 bits per heavy atom. The molecule has 0 spiro atoms. The Bertz CT molecular complexity index is 558. The van der Waals surface area contributed by atoms with Crippen LogP contribution < -0.4 is 14.8 Å². The summed E-state index contributed by atoms with van der Waals surface area (Å²) in [7, 11) is 0. The lowest BCUT2D eigenvalue weighted by molar-refractivity contribution is 0.320. The van der Waals surface area contributed by atoms with E-state index in [1.807, 2.05) is 37.3 Å². The lowest BCUT2D eigenvalue weighted by Gasteiger charge is -2.14. The molecule has 0 radical (unpaired) electrons. The second kappa shape index (κ2) is 8.27. The Labute approximate surface area is 126 Å². The number of pyridine rings is 1. The summed E-state index contributed by atoms with van der Waals surface area (Å²) in [6.45, 7) is 6.47. The molecule has 21 heavy (non-hydrogen) atoms. The van der Waals surface area contributed by atoms with Crippen LogP contribution in [-0.4, -0.2) is 18.1 Å². The number of para-hydroxylation sites is 2. The average molecular weight is 286 g/mol. The zero-order chi connectivity index (χ0) is 14.9. The molecule has 0 unspecified atom stereocenters. The maximum atomic E-state index is 6.00. The molecule has 1 heterocycles.